The standard InChI is InChI=1S/C15H21N3O5/c1-22-7-3-6-16-14(20)9-15(21)18-17-10-11-4-5-12(19)13(8-11)23-2/h4-5,8,10,19H,3,6-7,9H2,1-2H3,(H,16,20)(H,18,21)/b17-10-. The first-order chi connectivity index (χ1) is 11.1. The molecule has 0 heterocycles. The number of hydrazone groups is 1. The summed E-state index contributed by atoms with van der Waals surface area (Å²) in [7, 11) is 3.01. The van der Waals surface area contributed by atoms with Crippen LogP contribution >= 0.6 is 0 Å². The maximum absolute atomic E-state index is 11.5. The highest BCUT2D eigenvalue weighted by atomic mass is 16.5. The van der Waals surface area contributed by atoms with E-state index in [0.717, 1.165) is 0 Å². The smallest absolute Gasteiger partial charge is 0.249 e. The second-order valence-electron chi connectivity index (χ2n) is 4.60. The van der Waals surface area contributed by atoms with Gasteiger partial charge in [-0.05, 0) is 30.2 Å². The average molecular weight is 323 g/mol. The fourth-order valence-electron chi connectivity index (χ4n) is 1.65. The fourth-order valence-corrected chi connectivity index (χ4v) is 1.65. The lowest BCUT2D eigenvalue weighted by Gasteiger charge is -2.04. The maximum atomic E-state index is 11.5. The summed E-state index contributed by atoms with van der Waals surface area (Å²) >= 11 is 0. The van der Waals surface area contributed by atoms with Crippen LogP contribution in [0.25, 0.3) is 0 Å². The summed E-state index contributed by atoms with van der Waals surface area (Å²) in [6.07, 6.45) is 1.77. The predicted molar refractivity (Wildman–Crippen MR) is 84.5 cm³/mol. The number of ether oxygens (including phenoxy) is 2. The molecule has 0 bridgehead atoms. The predicted octanol–water partition coefficient (Wildman–Crippen LogP) is 0.394. The van der Waals surface area contributed by atoms with E-state index >= 15 is 0 Å². The van der Waals surface area contributed by atoms with Crippen molar-refractivity contribution in [2.75, 3.05) is 27.4 Å². The number of amides is 2. The Labute approximate surface area is 134 Å². The summed E-state index contributed by atoms with van der Waals surface area (Å²) in [5.41, 5.74) is 2.89. The molecule has 0 aromatic heterocycles. The third kappa shape index (κ3) is 7.28. The minimum atomic E-state index is -0.517. The van der Waals surface area contributed by atoms with Gasteiger partial charge in [-0.1, -0.05) is 0 Å². The number of phenolic OH excluding ortho intramolecular Hbond substituents is 1. The average Bonchev–Trinajstić information content (AvgIpc) is 2.53. The van der Waals surface area contributed by atoms with Crippen LogP contribution < -0.4 is 15.5 Å². The van der Waals surface area contributed by atoms with E-state index in [1.165, 1.54) is 19.4 Å². The highest BCUT2D eigenvalue weighted by molar-refractivity contribution is 5.97. The number of benzene rings is 1. The first kappa shape index (κ1) is 18.4. The van der Waals surface area contributed by atoms with Crippen LogP contribution in [-0.2, 0) is 14.3 Å². The van der Waals surface area contributed by atoms with E-state index in [2.05, 4.69) is 15.8 Å². The number of rotatable bonds is 9. The zero-order valence-electron chi connectivity index (χ0n) is 13.2. The lowest BCUT2D eigenvalue weighted by molar-refractivity contribution is -0.129. The van der Waals surface area contributed by atoms with Crippen molar-refractivity contribution in [1.29, 1.82) is 0 Å². The Hall–Kier alpha value is -2.61. The summed E-state index contributed by atoms with van der Waals surface area (Å²) in [4.78, 5) is 23.0. The van der Waals surface area contributed by atoms with Crippen molar-refractivity contribution in [2.45, 2.75) is 12.8 Å². The molecule has 2 amide bonds. The quantitative estimate of drug-likeness (QED) is 0.264. The molecule has 1 aromatic carbocycles. The van der Waals surface area contributed by atoms with Crippen LogP contribution in [0.1, 0.15) is 18.4 Å². The number of phenols is 1. The minimum Gasteiger partial charge on any atom is -0.504 e. The van der Waals surface area contributed by atoms with E-state index in [-0.39, 0.29) is 18.1 Å². The second kappa shape index (κ2) is 10.2. The molecule has 1 rings (SSSR count). The van der Waals surface area contributed by atoms with Gasteiger partial charge in [-0.3, -0.25) is 9.59 Å². The lowest BCUT2D eigenvalue weighted by atomic mass is 10.2. The summed E-state index contributed by atoms with van der Waals surface area (Å²) in [6, 6.07) is 4.62. The van der Waals surface area contributed by atoms with E-state index in [1.54, 1.807) is 19.2 Å². The summed E-state index contributed by atoms with van der Waals surface area (Å²) < 4.78 is 9.81. The monoisotopic (exact) mass is 323 g/mol. The van der Waals surface area contributed by atoms with E-state index in [1.807, 2.05) is 0 Å². The first-order valence-corrected chi connectivity index (χ1v) is 7.01. The van der Waals surface area contributed by atoms with Crippen LogP contribution in [0, 0.1) is 0 Å². The lowest BCUT2D eigenvalue weighted by Crippen LogP contribution is -2.30. The van der Waals surface area contributed by atoms with Crippen molar-refractivity contribution in [3.8, 4) is 11.5 Å². The van der Waals surface area contributed by atoms with Gasteiger partial charge in [0.05, 0.1) is 13.3 Å². The number of nitrogens with zero attached hydrogens (tertiary/aromatic N) is 1. The first-order valence-electron chi connectivity index (χ1n) is 7.01. The molecule has 0 aliphatic heterocycles. The molecule has 0 radical (unpaired) electrons. The molecule has 3 N–H and O–H groups in total. The second-order valence-corrected chi connectivity index (χ2v) is 4.60. The Morgan fingerprint density at radius 2 is 2.09 bits per heavy atom. The molecule has 8 nitrogen and oxygen atoms in total. The molecule has 23 heavy (non-hydrogen) atoms. The van der Waals surface area contributed by atoms with Crippen molar-refractivity contribution >= 4 is 18.0 Å². The third-order valence-electron chi connectivity index (χ3n) is 2.78. The molecule has 0 saturated carbocycles. The van der Waals surface area contributed by atoms with E-state index in [9.17, 15) is 14.7 Å². The maximum Gasteiger partial charge on any atom is 0.249 e. The van der Waals surface area contributed by atoms with Gasteiger partial charge in [0.1, 0.15) is 6.42 Å². The van der Waals surface area contributed by atoms with Crippen molar-refractivity contribution < 1.29 is 24.2 Å². The molecule has 0 aliphatic carbocycles. The Bertz CT molecular complexity index is 560. The van der Waals surface area contributed by atoms with Crippen molar-refractivity contribution in [3.05, 3.63) is 23.8 Å². The van der Waals surface area contributed by atoms with Crippen LogP contribution in [-0.4, -0.2) is 50.5 Å². The van der Waals surface area contributed by atoms with Gasteiger partial charge in [0.15, 0.2) is 11.5 Å². The fraction of sp³-hybridized carbons (Fsp3) is 0.400. The summed E-state index contributed by atoms with van der Waals surface area (Å²) in [5.74, 6) is -0.578. The molecule has 0 saturated heterocycles. The van der Waals surface area contributed by atoms with Gasteiger partial charge in [0.25, 0.3) is 0 Å². The Morgan fingerprint density at radius 1 is 1.30 bits per heavy atom. The van der Waals surface area contributed by atoms with Crippen LogP contribution in [0.3, 0.4) is 0 Å². The Kier molecular flexibility index (Phi) is 8.16. The number of methoxy groups -OCH3 is 2. The number of aromatic hydroxyl groups is 1. The summed E-state index contributed by atoms with van der Waals surface area (Å²) in [5, 5.41) is 15.8. The van der Waals surface area contributed by atoms with Gasteiger partial charge < -0.3 is 19.9 Å². The number of nitrogens with one attached hydrogen (secondary N) is 2. The van der Waals surface area contributed by atoms with Crippen LogP contribution in [0.2, 0.25) is 0 Å². The van der Waals surface area contributed by atoms with Crippen molar-refractivity contribution in [3.63, 3.8) is 0 Å². The molecule has 8 heteroatoms. The summed E-state index contributed by atoms with van der Waals surface area (Å²) in [6.45, 7) is 1.00. The molecule has 0 unspecified atom stereocenters. The minimum absolute atomic E-state index is 0.0128. The van der Waals surface area contributed by atoms with Gasteiger partial charge in [0, 0.05) is 20.3 Å². The molecule has 0 fully saturated rings. The molecule has 1 aromatic rings. The van der Waals surface area contributed by atoms with Crippen LogP contribution in [0.15, 0.2) is 23.3 Å². The van der Waals surface area contributed by atoms with Crippen molar-refractivity contribution in [2.24, 2.45) is 5.10 Å². The van der Waals surface area contributed by atoms with Crippen LogP contribution in [0.5, 0.6) is 11.5 Å². The highest BCUT2D eigenvalue weighted by Crippen LogP contribution is 2.25. The topological polar surface area (TPSA) is 109 Å². The molecular formula is C15H21N3O5. The number of hydrogen-bond donors (Lipinski definition) is 3. The molecular weight excluding hydrogens is 302 g/mol. The van der Waals surface area contributed by atoms with Gasteiger partial charge in [-0.2, -0.15) is 5.10 Å². The van der Waals surface area contributed by atoms with E-state index in [0.29, 0.717) is 30.9 Å². The van der Waals surface area contributed by atoms with E-state index in [4.69, 9.17) is 9.47 Å². The van der Waals surface area contributed by atoms with Gasteiger partial charge in [-0.15, -0.1) is 0 Å². The highest BCUT2D eigenvalue weighted by Gasteiger charge is 2.07. The van der Waals surface area contributed by atoms with E-state index < -0.39 is 5.91 Å². The zero-order chi connectivity index (χ0) is 17.1. The largest absolute Gasteiger partial charge is 0.504 e. The number of carbonyl (C=O) groups excluding carboxylic acids is 2. The Balaban J connectivity index is 2.36. The van der Waals surface area contributed by atoms with Gasteiger partial charge in [0.2, 0.25) is 11.8 Å². The third-order valence-corrected chi connectivity index (χ3v) is 2.78. The molecule has 0 aliphatic rings. The molecule has 0 spiro atoms. The Morgan fingerprint density at radius 3 is 2.78 bits per heavy atom. The normalized spacial score (nSPS) is 10.5. The molecule has 126 valence electrons. The molecule has 0 atom stereocenters. The van der Waals surface area contributed by atoms with Gasteiger partial charge >= 0.3 is 0 Å². The number of carbonyl (C=O) groups is 2. The SMILES string of the molecule is COCCCNC(=O)CC(=O)N/N=C\c1ccc(O)c(OC)c1. The van der Waals surface area contributed by atoms with Crippen LogP contribution in [0.4, 0.5) is 0 Å². The number of hydrogen-bond acceptors (Lipinski definition) is 6. The van der Waals surface area contributed by atoms with Gasteiger partial charge in [-0.25, -0.2) is 5.43 Å². The van der Waals surface area contributed by atoms with Crippen molar-refractivity contribution in [1.82, 2.24) is 10.7 Å². The zero-order valence-corrected chi connectivity index (χ0v) is 13.2.